The maximum atomic E-state index is 14.0. The fraction of sp³-hybridized carbons (Fsp3) is 0.286. The molecule has 1 aliphatic heterocycles. The number of nitrogens with zero attached hydrogens (tertiary/aromatic N) is 3. The van der Waals surface area contributed by atoms with Gasteiger partial charge in [0.25, 0.3) is 0 Å². The SMILES string of the molecule is CCOc1ccc(S(=O)(=O)N2C[C@@H](C)[C@@H](n3nc(CC(=O)O)c4ccccc43)C2)c(-c2ccccc2)c1. The molecule has 1 N–H and O–H groups in total. The predicted molar refractivity (Wildman–Crippen MR) is 141 cm³/mol. The van der Waals surface area contributed by atoms with Crippen LogP contribution >= 0.6 is 0 Å². The number of hydrogen-bond acceptors (Lipinski definition) is 5. The quantitative estimate of drug-likeness (QED) is 0.365. The fourth-order valence-corrected chi connectivity index (χ4v) is 6.83. The van der Waals surface area contributed by atoms with Crippen molar-refractivity contribution in [2.24, 2.45) is 5.92 Å². The minimum atomic E-state index is -3.85. The number of aromatic nitrogens is 2. The Morgan fingerprint density at radius 2 is 1.78 bits per heavy atom. The number of carbonyl (C=O) groups is 1. The largest absolute Gasteiger partial charge is 0.494 e. The summed E-state index contributed by atoms with van der Waals surface area (Å²) in [6.07, 6.45) is -0.191. The lowest BCUT2D eigenvalue weighted by Gasteiger charge is -2.20. The van der Waals surface area contributed by atoms with E-state index in [9.17, 15) is 18.3 Å². The molecule has 0 radical (unpaired) electrons. The van der Waals surface area contributed by atoms with Crippen LogP contribution in [0.1, 0.15) is 25.6 Å². The number of hydrogen-bond donors (Lipinski definition) is 1. The lowest BCUT2D eigenvalue weighted by Crippen LogP contribution is -2.30. The molecule has 9 heteroatoms. The third kappa shape index (κ3) is 4.72. The Bertz CT molecular complexity index is 1550. The van der Waals surface area contributed by atoms with Crippen molar-refractivity contribution < 1.29 is 23.1 Å². The Hall–Kier alpha value is -3.69. The van der Waals surface area contributed by atoms with Gasteiger partial charge in [0.2, 0.25) is 10.0 Å². The van der Waals surface area contributed by atoms with Crippen LogP contribution < -0.4 is 4.74 Å². The first-order chi connectivity index (χ1) is 17.8. The number of carboxylic acids is 1. The summed E-state index contributed by atoms with van der Waals surface area (Å²) in [5.41, 5.74) is 2.68. The summed E-state index contributed by atoms with van der Waals surface area (Å²) in [7, 11) is -3.85. The number of ether oxygens (including phenoxy) is 1. The van der Waals surface area contributed by atoms with E-state index in [0.29, 0.717) is 30.2 Å². The number of carboxylic acid groups (broad SMARTS) is 1. The molecule has 1 aromatic heterocycles. The highest BCUT2D eigenvalue weighted by Crippen LogP contribution is 2.38. The minimum Gasteiger partial charge on any atom is -0.494 e. The minimum absolute atomic E-state index is 0.0290. The van der Waals surface area contributed by atoms with Crippen LogP contribution in [0.5, 0.6) is 5.75 Å². The standard InChI is InChI=1S/C28H29N3O5S/c1-3-36-21-13-14-27(23(15-21)20-9-5-4-6-10-20)37(34,35)30-17-19(2)26(18-30)31-25-12-8-7-11-22(25)24(29-31)16-28(32)33/h4-15,19,26H,3,16-18H2,1-2H3,(H,32,33)/t19-,26+/m1/s1. The molecule has 3 aromatic carbocycles. The molecule has 0 bridgehead atoms. The van der Waals surface area contributed by atoms with Crippen LogP contribution in [0.4, 0.5) is 0 Å². The third-order valence-corrected chi connectivity index (χ3v) is 8.72. The van der Waals surface area contributed by atoms with E-state index in [0.717, 1.165) is 16.5 Å². The van der Waals surface area contributed by atoms with Crippen molar-refractivity contribution >= 4 is 26.9 Å². The smallest absolute Gasteiger partial charge is 0.309 e. The Morgan fingerprint density at radius 3 is 2.51 bits per heavy atom. The van der Waals surface area contributed by atoms with Crippen LogP contribution in [-0.2, 0) is 21.2 Å². The third-order valence-electron chi connectivity index (χ3n) is 6.83. The van der Waals surface area contributed by atoms with Gasteiger partial charge in [-0.2, -0.15) is 9.40 Å². The molecule has 192 valence electrons. The van der Waals surface area contributed by atoms with Gasteiger partial charge in [0.1, 0.15) is 5.75 Å². The van der Waals surface area contributed by atoms with Crippen LogP contribution in [-0.4, -0.2) is 53.3 Å². The molecule has 5 rings (SSSR count). The first kappa shape index (κ1) is 25.0. The van der Waals surface area contributed by atoms with E-state index in [1.165, 1.54) is 4.31 Å². The fourth-order valence-electron chi connectivity index (χ4n) is 5.08. The summed E-state index contributed by atoms with van der Waals surface area (Å²) in [4.78, 5) is 11.6. The van der Waals surface area contributed by atoms with E-state index >= 15 is 0 Å². The second kappa shape index (κ2) is 9.99. The van der Waals surface area contributed by atoms with Crippen molar-refractivity contribution in [2.45, 2.75) is 31.2 Å². The van der Waals surface area contributed by atoms with Gasteiger partial charge in [-0.1, -0.05) is 55.5 Å². The van der Waals surface area contributed by atoms with Crippen LogP contribution in [0, 0.1) is 5.92 Å². The molecular formula is C28H29N3O5S. The molecule has 1 aliphatic rings. The van der Waals surface area contributed by atoms with Gasteiger partial charge in [0.05, 0.1) is 35.2 Å². The monoisotopic (exact) mass is 519 g/mol. The first-order valence-electron chi connectivity index (χ1n) is 12.3. The Labute approximate surface area is 216 Å². The average molecular weight is 520 g/mol. The van der Waals surface area contributed by atoms with Crippen molar-refractivity contribution in [1.82, 2.24) is 14.1 Å². The van der Waals surface area contributed by atoms with Gasteiger partial charge in [-0.05, 0) is 42.7 Å². The zero-order valence-electron chi connectivity index (χ0n) is 20.7. The lowest BCUT2D eigenvalue weighted by molar-refractivity contribution is -0.136. The normalized spacial score (nSPS) is 18.3. The van der Waals surface area contributed by atoms with Crippen molar-refractivity contribution in [1.29, 1.82) is 0 Å². The molecule has 1 fully saturated rings. The van der Waals surface area contributed by atoms with Gasteiger partial charge >= 0.3 is 5.97 Å². The van der Waals surface area contributed by atoms with Gasteiger partial charge in [0, 0.05) is 24.0 Å². The molecule has 0 saturated carbocycles. The van der Waals surface area contributed by atoms with E-state index in [4.69, 9.17) is 4.74 Å². The highest BCUT2D eigenvalue weighted by molar-refractivity contribution is 7.89. The maximum Gasteiger partial charge on any atom is 0.309 e. The number of fused-ring (bicyclic) bond motifs is 1. The maximum absolute atomic E-state index is 14.0. The van der Waals surface area contributed by atoms with Crippen molar-refractivity contribution in [3.05, 3.63) is 78.5 Å². The lowest BCUT2D eigenvalue weighted by atomic mass is 10.1. The van der Waals surface area contributed by atoms with Crippen molar-refractivity contribution in [3.63, 3.8) is 0 Å². The molecular weight excluding hydrogens is 490 g/mol. The van der Waals surface area contributed by atoms with Crippen LogP contribution in [0.15, 0.2) is 77.7 Å². The molecule has 4 aromatic rings. The Morgan fingerprint density at radius 1 is 1.05 bits per heavy atom. The molecule has 37 heavy (non-hydrogen) atoms. The molecule has 0 amide bonds. The molecule has 0 unspecified atom stereocenters. The van der Waals surface area contributed by atoms with E-state index in [1.807, 2.05) is 73.1 Å². The van der Waals surface area contributed by atoms with Gasteiger partial charge < -0.3 is 9.84 Å². The van der Waals surface area contributed by atoms with E-state index in [-0.39, 0.29) is 29.8 Å². The van der Waals surface area contributed by atoms with Crippen LogP contribution in [0.25, 0.3) is 22.0 Å². The molecule has 0 spiro atoms. The number of sulfonamides is 1. The van der Waals surface area contributed by atoms with E-state index < -0.39 is 16.0 Å². The highest BCUT2D eigenvalue weighted by atomic mass is 32.2. The van der Waals surface area contributed by atoms with Gasteiger partial charge in [-0.3, -0.25) is 9.48 Å². The van der Waals surface area contributed by atoms with Crippen molar-refractivity contribution in [3.8, 4) is 16.9 Å². The average Bonchev–Trinajstić information content (AvgIpc) is 3.45. The summed E-state index contributed by atoms with van der Waals surface area (Å²) in [6.45, 7) is 4.94. The summed E-state index contributed by atoms with van der Waals surface area (Å²) < 4.78 is 37.0. The Kier molecular flexibility index (Phi) is 6.74. The van der Waals surface area contributed by atoms with Gasteiger partial charge in [-0.15, -0.1) is 0 Å². The molecule has 2 heterocycles. The Balaban J connectivity index is 1.53. The van der Waals surface area contributed by atoms with E-state index in [1.54, 1.807) is 18.2 Å². The zero-order chi connectivity index (χ0) is 26.2. The van der Waals surface area contributed by atoms with Gasteiger partial charge in [-0.25, -0.2) is 8.42 Å². The van der Waals surface area contributed by atoms with Crippen LogP contribution in [0.3, 0.4) is 0 Å². The summed E-state index contributed by atoms with van der Waals surface area (Å²) in [5, 5.41) is 14.8. The topological polar surface area (TPSA) is 102 Å². The molecule has 8 nitrogen and oxygen atoms in total. The summed E-state index contributed by atoms with van der Waals surface area (Å²) in [6, 6.07) is 21.8. The second-order valence-electron chi connectivity index (χ2n) is 9.30. The number of benzene rings is 3. The predicted octanol–water partition coefficient (Wildman–Crippen LogP) is 4.61. The zero-order valence-corrected chi connectivity index (χ0v) is 21.6. The molecule has 2 atom stereocenters. The number of para-hydroxylation sites is 1. The highest BCUT2D eigenvalue weighted by Gasteiger charge is 2.40. The molecule has 0 aliphatic carbocycles. The number of aliphatic carboxylic acids is 1. The number of rotatable bonds is 8. The second-order valence-corrected chi connectivity index (χ2v) is 11.2. The summed E-state index contributed by atoms with van der Waals surface area (Å²) >= 11 is 0. The summed E-state index contributed by atoms with van der Waals surface area (Å²) in [5.74, 6) is -0.372. The molecule has 1 saturated heterocycles. The van der Waals surface area contributed by atoms with Crippen molar-refractivity contribution in [2.75, 3.05) is 19.7 Å². The first-order valence-corrected chi connectivity index (χ1v) is 13.7. The van der Waals surface area contributed by atoms with Crippen LogP contribution in [0.2, 0.25) is 0 Å². The van der Waals surface area contributed by atoms with E-state index in [2.05, 4.69) is 5.10 Å². The van der Waals surface area contributed by atoms with Gasteiger partial charge in [0.15, 0.2) is 0 Å².